The molecule has 0 aromatic heterocycles. The van der Waals surface area contributed by atoms with E-state index in [0.717, 1.165) is 0 Å². The van der Waals surface area contributed by atoms with Gasteiger partial charge in [0.1, 0.15) is 0 Å². The standard InChI is InChI=1S/C21H20ClNO5S/c1-2-13-23(15-7-4-3-5-8-15)29(26,27)16-11-12-18(22)17(14-16)21(25)28-20-10-6-9-19(20)24/h2-5,7-8,11-12,14,20H,1,6,9-10,13H2/t20-/m1/s1. The number of halogens is 1. The van der Waals surface area contributed by atoms with Crippen LogP contribution in [0.5, 0.6) is 0 Å². The Morgan fingerprint density at radius 3 is 2.59 bits per heavy atom. The summed E-state index contributed by atoms with van der Waals surface area (Å²) in [4.78, 5) is 24.2. The number of benzene rings is 2. The summed E-state index contributed by atoms with van der Waals surface area (Å²) < 4.78 is 32.9. The van der Waals surface area contributed by atoms with Crippen LogP contribution in [-0.2, 0) is 19.6 Å². The number of para-hydroxylation sites is 1. The molecule has 1 saturated carbocycles. The molecule has 152 valence electrons. The van der Waals surface area contributed by atoms with E-state index in [1.807, 2.05) is 0 Å². The third-order valence-corrected chi connectivity index (χ3v) is 6.70. The molecule has 2 aromatic carbocycles. The van der Waals surface area contributed by atoms with Gasteiger partial charge in [0.25, 0.3) is 10.0 Å². The molecule has 1 fully saturated rings. The van der Waals surface area contributed by atoms with Crippen molar-refractivity contribution < 1.29 is 22.7 Å². The van der Waals surface area contributed by atoms with Crippen LogP contribution in [0.25, 0.3) is 0 Å². The average molecular weight is 434 g/mol. The van der Waals surface area contributed by atoms with Crippen LogP contribution < -0.4 is 4.31 Å². The molecular weight excluding hydrogens is 414 g/mol. The van der Waals surface area contributed by atoms with Gasteiger partial charge in [-0.15, -0.1) is 6.58 Å². The lowest BCUT2D eigenvalue weighted by Gasteiger charge is -2.23. The van der Waals surface area contributed by atoms with Gasteiger partial charge in [0.05, 0.1) is 27.7 Å². The van der Waals surface area contributed by atoms with E-state index in [1.54, 1.807) is 30.3 Å². The number of anilines is 1. The zero-order valence-electron chi connectivity index (χ0n) is 15.6. The minimum absolute atomic E-state index is 0.0470. The summed E-state index contributed by atoms with van der Waals surface area (Å²) in [5.74, 6) is -0.957. The SMILES string of the molecule is C=CCN(c1ccccc1)S(=O)(=O)c1ccc(Cl)c(C(=O)O[C@@H]2CCCC2=O)c1. The predicted octanol–water partition coefficient (Wildman–Crippen LogP) is 4.00. The van der Waals surface area contributed by atoms with E-state index in [4.69, 9.17) is 16.3 Å². The summed E-state index contributed by atoms with van der Waals surface area (Å²) in [6.07, 6.45) is 2.16. The molecule has 0 aliphatic heterocycles. The van der Waals surface area contributed by atoms with Gasteiger partial charge >= 0.3 is 5.97 Å². The van der Waals surface area contributed by atoms with Crippen LogP contribution in [0.15, 0.2) is 66.1 Å². The van der Waals surface area contributed by atoms with E-state index in [0.29, 0.717) is 24.9 Å². The highest BCUT2D eigenvalue weighted by Gasteiger charge is 2.30. The van der Waals surface area contributed by atoms with Crippen molar-refractivity contribution in [1.82, 2.24) is 0 Å². The summed E-state index contributed by atoms with van der Waals surface area (Å²) in [5.41, 5.74) is 0.363. The first kappa shape index (κ1) is 21.1. The van der Waals surface area contributed by atoms with Gasteiger partial charge in [-0.1, -0.05) is 35.9 Å². The quantitative estimate of drug-likeness (QED) is 0.487. The smallest absolute Gasteiger partial charge is 0.340 e. The first-order valence-corrected chi connectivity index (χ1v) is 10.9. The maximum atomic E-state index is 13.2. The van der Waals surface area contributed by atoms with Gasteiger partial charge in [-0.25, -0.2) is 13.2 Å². The topological polar surface area (TPSA) is 80.8 Å². The Labute approximate surface area is 174 Å². The second kappa shape index (κ2) is 8.80. The van der Waals surface area contributed by atoms with Crippen molar-refractivity contribution in [2.24, 2.45) is 0 Å². The third-order valence-electron chi connectivity index (χ3n) is 4.58. The number of nitrogens with zero attached hydrogens (tertiary/aromatic N) is 1. The minimum atomic E-state index is -4.00. The predicted molar refractivity (Wildman–Crippen MR) is 111 cm³/mol. The van der Waals surface area contributed by atoms with Gasteiger partial charge in [0, 0.05) is 6.42 Å². The highest BCUT2D eigenvalue weighted by atomic mass is 35.5. The van der Waals surface area contributed by atoms with Gasteiger partial charge in [0.15, 0.2) is 11.9 Å². The van der Waals surface area contributed by atoms with Crippen molar-refractivity contribution >= 4 is 39.1 Å². The Morgan fingerprint density at radius 2 is 1.97 bits per heavy atom. The molecule has 1 atom stereocenters. The van der Waals surface area contributed by atoms with E-state index < -0.39 is 22.1 Å². The van der Waals surface area contributed by atoms with Gasteiger partial charge < -0.3 is 4.74 Å². The summed E-state index contributed by atoms with van der Waals surface area (Å²) in [6.45, 7) is 3.67. The number of ether oxygens (including phenoxy) is 1. The molecule has 29 heavy (non-hydrogen) atoms. The van der Waals surface area contributed by atoms with Crippen LogP contribution in [0.4, 0.5) is 5.69 Å². The van der Waals surface area contributed by atoms with Crippen LogP contribution in [0, 0.1) is 0 Å². The Balaban J connectivity index is 1.95. The molecule has 2 aromatic rings. The fourth-order valence-electron chi connectivity index (χ4n) is 3.10. The molecular formula is C21H20ClNO5S. The Bertz CT molecular complexity index is 1040. The molecule has 1 aliphatic carbocycles. The fraction of sp³-hybridized carbons (Fsp3) is 0.238. The van der Waals surface area contributed by atoms with Crippen molar-refractivity contribution in [3.63, 3.8) is 0 Å². The third kappa shape index (κ3) is 4.52. The maximum absolute atomic E-state index is 13.2. The maximum Gasteiger partial charge on any atom is 0.340 e. The van der Waals surface area contributed by atoms with E-state index in [9.17, 15) is 18.0 Å². The molecule has 0 spiro atoms. The fourth-order valence-corrected chi connectivity index (χ4v) is 4.76. The number of carbonyl (C=O) groups is 2. The van der Waals surface area contributed by atoms with Gasteiger partial charge in [-0.05, 0) is 43.2 Å². The molecule has 1 aliphatic rings. The molecule has 0 N–H and O–H groups in total. The summed E-state index contributed by atoms with van der Waals surface area (Å²) in [6, 6.07) is 12.4. The summed E-state index contributed by atoms with van der Waals surface area (Å²) >= 11 is 6.11. The molecule has 0 bridgehead atoms. The van der Waals surface area contributed by atoms with Crippen molar-refractivity contribution in [1.29, 1.82) is 0 Å². The Hall–Kier alpha value is -2.64. The van der Waals surface area contributed by atoms with Crippen LogP contribution in [-0.4, -0.2) is 32.8 Å². The van der Waals surface area contributed by atoms with Crippen LogP contribution in [0.2, 0.25) is 5.02 Å². The number of ketones is 1. The number of sulfonamides is 1. The monoisotopic (exact) mass is 433 g/mol. The van der Waals surface area contributed by atoms with E-state index in [2.05, 4.69) is 6.58 Å². The van der Waals surface area contributed by atoms with Gasteiger partial charge in [-0.2, -0.15) is 0 Å². The van der Waals surface area contributed by atoms with Gasteiger partial charge in [-0.3, -0.25) is 9.10 Å². The lowest BCUT2D eigenvalue weighted by Crippen LogP contribution is -2.31. The van der Waals surface area contributed by atoms with E-state index >= 15 is 0 Å². The van der Waals surface area contributed by atoms with Crippen molar-refractivity contribution in [3.8, 4) is 0 Å². The molecule has 0 unspecified atom stereocenters. The number of carbonyl (C=O) groups excluding carboxylic acids is 2. The molecule has 8 heteroatoms. The molecule has 0 saturated heterocycles. The molecule has 0 heterocycles. The second-order valence-corrected chi connectivity index (χ2v) is 8.82. The van der Waals surface area contributed by atoms with E-state index in [-0.39, 0.29) is 27.8 Å². The Kier molecular flexibility index (Phi) is 6.39. The molecule has 0 amide bonds. The minimum Gasteiger partial charge on any atom is -0.451 e. The summed E-state index contributed by atoms with van der Waals surface area (Å²) in [5, 5.41) is 0.0503. The van der Waals surface area contributed by atoms with Gasteiger partial charge in [0.2, 0.25) is 0 Å². The number of rotatable bonds is 7. The zero-order chi connectivity index (χ0) is 21.0. The van der Waals surface area contributed by atoms with Crippen LogP contribution in [0.3, 0.4) is 0 Å². The number of esters is 1. The lowest BCUT2D eigenvalue weighted by molar-refractivity contribution is -0.124. The zero-order valence-corrected chi connectivity index (χ0v) is 17.2. The van der Waals surface area contributed by atoms with Crippen LogP contribution >= 0.6 is 11.6 Å². The second-order valence-electron chi connectivity index (χ2n) is 6.55. The average Bonchev–Trinajstić information content (AvgIpc) is 3.11. The number of hydrogen-bond acceptors (Lipinski definition) is 5. The van der Waals surface area contributed by atoms with Crippen molar-refractivity contribution in [2.75, 3.05) is 10.8 Å². The highest BCUT2D eigenvalue weighted by molar-refractivity contribution is 7.92. The van der Waals surface area contributed by atoms with Crippen molar-refractivity contribution in [3.05, 3.63) is 71.8 Å². The molecule has 0 radical (unpaired) electrons. The van der Waals surface area contributed by atoms with Crippen molar-refractivity contribution in [2.45, 2.75) is 30.3 Å². The normalized spacial score (nSPS) is 16.4. The highest BCUT2D eigenvalue weighted by Crippen LogP contribution is 2.28. The molecule has 3 rings (SSSR count). The Morgan fingerprint density at radius 1 is 1.24 bits per heavy atom. The summed E-state index contributed by atoms with van der Waals surface area (Å²) in [7, 11) is -4.00. The van der Waals surface area contributed by atoms with E-state index in [1.165, 1.54) is 28.6 Å². The lowest BCUT2D eigenvalue weighted by atomic mass is 10.2. The largest absolute Gasteiger partial charge is 0.451 e. The molecule has 6 nitrogen and oxygen atoms in total. The first-order valence-electron chi connectivity index (χ1n) is 9.06. The number of hydrogen-bond donors (Lipinski definition) is 0. The first-order chi connectivity index (χ1) is 13.8. The number of Topliss-reactive ketones (excluding diaryl/α,β-unsaturated/α-hetero) is 1. The van der Waals surface area contributed by atoms with Crippen LogP contribution in [0.1, 0.15) is 29.6 Å².